The van der Waals surface area contributed by atoms with Gasteiger partial charge in [-0.25, -0.2) is 8.42 Å². The molecule has 0 radical (unpaired) electrons. The highest BCUT2D eigenvalue weighted by Gasteiger charge is 2.17. The zero-order valence-corrected chi connectivity index (χ0v) is 16.4. The number of carbonyl (C=O) groups excluding carboxylic acids is 1. The van der Waals surface area contributed by atoms with Crippen LogP contribution >= 0.6 is 0 Å². The van der Waals surface area contributed by atoms with Gasteiger partial charge in [0, 0.05) is 25.9 Å². The molecule has 1 aromatic heterocycles. The lowest BCUT2D eigenvalue weighted by Gasteiger charge is -2.19. The summed E-state index contributed by atoms with van der Waals surface area (Å²) in [5, 5.41) is 9.67. The Kier molecular flexibility index (Phi) is 6.07. The van der Waals surface area contributed by atoms with Crippen molar-refractivity contribution in [3.8, 4) is 0 Å². The van der Waals surface area contributed by atoms with E-state index in [9.17, 15) is 13.2 Å². The van der Waals surface area contributed by atoms with Crippen molar-refractivity contribution < 1.29 is 13.2 Å². The third-order valence-electron chi connectivity index (χ3n) is 3.98. The standard InChI is InChI=1S/C18H26N4O3S/c1-18(2,3)14-5-7-15(8-6-14)26(24,25)12-10-20-16-9-11-22(21-16)13-17(23)19-4/h5-9,11H,10,12-13H2,1-4H3,(H,19,23)(H,20,21). The Balaban J connectivity index is 1.93. The first-order valence-corrected chi connectivity index (χ1v) is 10.1. The largest absolute Gasteiger partial charge is 0.368 e. The Morgan fingerprint density at radius 2 is 1.81 bits per heavy atom. The number of hydrogen-bond acceptors (Lipinski definition) is 5. The maximum absolute atomic E-state index is 12.5. The van der Waals surface area contributed by atoms with Crippen LogP contribution in [-0.2, 0) is 26.6 Å². The summed E-state index contributed by atoms with van der Waals surface area (Å²) >= 11 is 0. The van der Waals surface area contributed by atoms with E-state index in [1.807, 2.05) is 12.1 Å². The van der Waals surface area contributed by atoms with Gasteiger partial charge in [0.2, 0.25) is 5.91 Å². The zero-order valence-electron chi connectivity index (χ0n) is 15.6. The molecule has 0 aliphatic heterocycles. The van der Waals surface area contributed by atoms with Crippen LogP contribution in [0.25, 0.3) is 0 Å². The molecule has 0 aliphatic rings. The molecule has 7 nitrogen and oxygen atoms in total. The Bertz CT molecular complexity index is 849. The molecule has 0 atom stereocenters. The maximum Gasteiger partial charge on any atom is 0.241 e. The summed E-state index contributed by atoms with van der Waals surface area (Å²) in [5.41, 5.74) is 1.08. The number of likely N-dealkylation sites (N-methyl/N-ethyl adjacent to an activating group) is 1. The van der Waals surface area contributed by atoms with Crippen molar-refractivity contribution in [3.05, 3.63) is 42.1 Å². The van der Waals surface area contributed by atoms with Crippen LogP contribution in [0.4, 0.5) is 5.82 Å². The van der Waals surface area contributed by atoms with Crippen LogP contribution in [0.5, 0.6) is 0 Å². The van der Waals surface area contributed by atoms with Crippen LogP contribution < -0.4 is 10.6 Å². The molecule has 26 heavy (non-hydrogen) atoms. The fraction of sp³-hybridized carbons (Fsp3) is 0.444. The Morgan fingerprint density at radius 3 is 2.38 bits per heavy atom. The van der Waals surface area contributed by atoms with Crippen molar-refractivity contribution in [1.29, 1.82) is 0 Å². The van der Waals surface area contributed by atoms with Crippen molar-refractivity contribution >= 4 is 21.6 Å². The molecule has 8 heteroatoms. The molecule has 0 bridgehead atoms. The van der Waals surface area contributed by atoms with Gasteiger partial charge in [0.05, 0.1) is 10.6 Å². The molecule has 1 heterocycles. The molecule has 0 saturated heterocycles. The smallest absolute Gasteiger partial charge is 0.241 e. The van der Waals surface area contributed by atoms with Crippen LogP contribution in [0, 0.1) is 0 Å². The number of hydrogen-bond donors (Lipinski definition) is 2. The summed E-state index contributed by atoms with van der Waals surface area (Å²) in [4.78, 5) is 11.6. The fourth-order valence-corrected chi connectivity index (χ4v) is 3.52. The van der Waals surface area contributed by atoms with E-state index >= 15 is 0 Å². The number of amides is 1. The first-order valence-electron chi connectivity index (χ1n) is 8.43. The van der Waals surface area contributed by atoms with E-state index in [2.05, 4.69) is 36.5 Å². The number of anilines is 1. The quantitative estimate of drug-likeness (QED) is 0.766. The predicted molar refractivity (Wildman–Crippen MR) is 102 cm³/mol. The topological polar surface area (TPSA) is 93.1 Å². The molecule has 0 saturated carbocycles. The molecule has 2 aromatic rings. The second kappa shape index (κ2) is 7.90. The normalized spacial score (nSPS) is 12.0. The first kappa shape index (κ1) is 20.0. The molecule has 0 spiro atoms. The molecular formula is C18H26N4O3S. The Morgan fingerprint density at radius 1 is 1.15 bits per heavy atom. The fourth-order valence-electron chi connectivity index (χ4n) is 2.36. The highest BCUT2D eigenvalue weighted by atomic mass is 32.2. The molecular weight excluding hydrogens is 352 g/mol. The second-order valence-electron chi connectivity index (χ2n) is 7.09. The van der Waals surface area contributed by atoms with Gasteiger partial charge in [0.15, 0.2) is 9.84 Å². The van der Waals surface area contributed by atoms with Gasteiger partial charge in [0.25, 0.3) is 0 Å². The SMILES string of the molecule is CNC(=O)Cn1ccc(NCCS(=O)(=O)c2ccc(C(C)(C)C)cc2)n1. The molecule has 2 N–H and O–H groups in total. The van der Waals surface area contributed by atoms with E-state index in [1.165, 1.54) is 4.68 Å². The van der Waals surface area contributed by atoms with E-state index in [0.29, 0.717) is 10.7 Å². The summed E-state index contributed by atoms with van der Waals surface area (Å²) in [5.74, 6) is 0.345. The first-order chi connectivity index (χ1) is 12.1. The average molecular weight is 378 g/mol. The molecule has 0 fully saturated rings. The maximum atomic E-state index is 12.5. The zero-order chi connectivity index (χ0) is 19.4. The van der Waals surface area contributed by atoms with Crippen molar-refractivity contribution in [2.45, 2.75) is 37.6 Å². The van der Waals surface area contributed by atoms with Crippen LogP contribution in [-0.4, -0.2) is 43.5 Å². The lowest BCUT2D eigenvalue weighted by molar-refractivity contribution is -0.121. The van der Waals surface area contributed by atoms with Crippen molar-refractivity contribution in [1.82, 2.24) is 15.1 Å². The lowest BCUT2D eigenvalue weighted by atomic mass is 9.87. The number of aromatic nitrogens is 2. The second-order valence-corrected chi connectivity index (χ2v) is 9.20. The Hall–Kier alpha value is -2.35. The number of sulfone groups is 1. The number of benzene rings is 1. The number of rotatable bonds is 7. The summed E-state index contributed by atoms with van der Waals surface area (Å²) in [6, 6.07) is 8.75. The van der Waals surface area contributed by atoms with E-state index < -0.39 is 9.84 Å². The minimum Gasteiger partial charge on any atom is -0.368 e. The molecule has 1 aromatic carbocycles. The molecule has 2 rings (SSSR count). The summed E-state index contributed by atoms with van der Waals surface area (Å²) in [6.07, 6.45) is 1.66. The van der Waals surface area contributed by atoms with E-state index in [4.69, 9.17) is 0 Å². The molecule has 0 unspecified atom stereocenters. The van der Waals surface area contributed by atoms with E-state index in [-0.39, 0.29) is 30.2 Å². The van der Waals surface area contributed by atoms with Gasteiger partial charge < -0.3 is 10.6 Å². The number of carbonyl (C=O) groups is 1. The van der Waals surface area contributed by atoms with Gasteiger partial charge in [-0.1, -0.05) is 32.9 Å². The Labute approximate surface area is 154 Å². The summed E-state index contributed by atoms with van der Waals surface area (Å²) in [7, 11) is -1.81. The average Bonchev–Trinajstić information content (AvgIpc) is 3.01. The number of nitrogens with one attached hydrogen (secondary N) is 2. The van der Waals surface area contributed by atoms with Crippen LogP contribution in [0.15, 0.2) is 41.4 Å². The highest BCUT2D eigenvalue weighted by Crippen LogP contribution is 2.23. The summed E-state index contributed by atoms with van der Waals surface area (Å²) in [6.45, 7) is 6.62. The molecule has 1 amide bonds. The monoisotopic (exact) mass is 378 g/mol. The minimum absolute atomic E-state index is 0.0165. The van der Waals surface area contributed by atoms with Gasteiger partial charge in [0.1, 0.15) is 12.4 Å². The van der Waals surface area contributed by atoms with Crippen LogP contribution in [0.1, 0.15) is 26.3 Å². The third-order valence-corrected chi connectivity index (χ3v) is 5.71. The van der Waals surface area contributed by atoms with Gasteiger partial charge in [-0.2, -0.15) is 5.10 Å². The van der Waals surface area contributed by atoms with E-state index in [0.717, 1.165) is 5.56 Å². The minimum atomic E-state index is -3.37. The van der Waals surface area contributed by atoms with Crippen molar-refractivity contribution in [3.63, 3.8) is 0 Å². The van der Waals surface area contributed by atoms with Gasteiger partial charge in [-0.05, 0) is 23.1 Å². The molecule has 142 valence electrons. The number of nitrogens with zero attached hydrogens (tertiary/aromatic N) is 2. The van der Waals surface area contributed by atoms with Gasteiger partial charge >= 0.3 is 0 Å². The highest BCUT2D eigenvalue weighted by molar-refractivity contribution is 7.91. The van der Waals surface area contributed by atoms with Crippen molar-refractivity contribution in [2.24, 2.45) is 0 Å². The third kappa shape index (κ3) is 5.32. The lowest BCUT2D eigenvalue weighted by Crippen LogP contribution is -2.23. The van der Waals surface area contributed by atoms with Crippen LogP contribution in [0.3, 0.4) is 0 Å². The van der Waals surface area contributed by atoms with Gasteiger partial charge in [-0.15, -0.1) is 0 Å². The van der Waals surface area contributed by atoms with E-state index in [1.54, 1.807) is 31.4 Å². The molecule has 0 aliphatic carbocycles. The summed E-state index contributed by atoms with van der Waals surface area (Å²) < 4.78 is 26.4. The van der Waals surface area contributed by atoms with Crippen LogP contribution in [0.2, 0.25) is 0 Å². The van der Waals surface area contributed by atoms with Crippen molar-refractivity contribution in [2.75, 3.05) is 24.7 Å². The predicted octanol–water partition coefficient (Wildman–Crippen LogP) is 1.81. The van der Waals surface area contributed by atoms with Gasteiger partial charge in [-0.3, -0.25) is 9.48 Å².